The molecule has 0 saturated carbocycles. The maximum absolute atomic E-state index is 12.0. The third-order valence-electron chi connectivity index (χ3n) is 2.42. The molecule has 2 aromatic heterocycles. The molecule has 0 spiro atoms. The van der Waals surface area contributed by atoms with Crippen LogP contribution in [0.1, 0.15) is 0 Å². The predicted octanol–water partition coefficient (Wildman–Crippen LogP) is 2.77. The molecule has 0 aliphatic carbocycles. The van der Waals surface area contributed by atoms with E-state index in [0.717, 1.165) is 5.56 Å². The minimum Gasteiger partial charge on any atom is -0.314 e. The number of fused-ring (bicyclic) bond motifs is 1. The van der Waals surface area contributed by atoms with Gasteiger partial charge in [-0.1, -0.05) is 16.8 Å². The molecule has 0 bridgehead atoms. The number of hydrogen-bond acceptors (Lipinski definition) is 4. The van der Waals surface area contributed by atoms with Gasteiger partial charge >= 0.3 is 5.84 Å². The third-order valence-corrected chi connectivity index (χ3v) is 3.21. The minimum absolute atomic E-state index is 0.146. The average molecular weight is 327 g/mol. The van der Waals surface area contributed by atoms with Crippen molar-refractivity contribution in [1.82, 2.24) is 14.5 Å². The molecule has 0 unspecified atom stereocenters. The maximum Gasteiger partial charge on any atom is 0.335 e. The standard InChI is InChI=1S/C11H5BrClN3O2/c12-8-5-14-11-16(10(8)17)9(15-18-11)6-1-3-7(13)4-2-6/h1-5H. The summed E-state index contributed by atoms with van der Waals surface area (Å²) in [5.41, 5.74) is 0.450. The first-order chi connectivity index (χ1) is 8.66. The van der Waals surface area contributed by atoms with Gasteiger partial charge in [0.05, 0.1) is 6.20 Å². The summed E-state index contributed by atoms with van der Waals surface area (Å²) in [4.78, 5) is 16.0. The first-order valence-corrected chi connectivity index (χ1v) is 6.13. The van der Waals surface area contributed by atoms with E-state index in [9.17, 15) is 4.79 Å². The Balaban J connectivity index is 2.33. The smallest absolute Gasteiger partial charge is 0.314 e. The summed E-state index contributed by atoms with van der Waals surface area (Å²) in [6.45, 7) is 0. The van der Waals surface area contributed by atoms with Crippen LogP contribution in [0, 0.1) is 0 Å². The van der Waals surface area contributed by atoms with Gasteiger partial charge in [-0.05, 0) is 40.2 Å². The zero-order valence-corrected chi connectivity index (χ0v) is 11.1. The lowest BCUT2D eigenvalue weighted by Gasteiger charge is -1.98. The van der Waals surface area contributed by atoms with Gasteiger partial charge in [-0.15, -0.1) is 0 Å². The SMILES string of the molecule is O=c1c(Br)cnc2onc(-c3ccc(Cl)cc3)n12. The van der Waals surface area contributed by atoms with Crippen LogP contribution in [-0.4, -0.2) is 14.5 Å². The van der Waals surface area contributed by atoms with Crippen molar-refractivity contribution < 1.29 is 4.52 Å². The summed E-state index contributed by atoms with van der Waals surface area (Å²) in [7, 11) is 0. The van der Waals surface area contributed by atoms with E-state index in [1.807, 2.05) is 0 Å². The van der Waals surface area contributed by atoms with Gasteiger partial charge in [0, 0.05) is 10.6 Å². The number of benzene rings is 1. The van der Waals surface area contributed by atoms with Crippen LogP contribution >= 0.6 is 27.5 Å². The van der Waals surface area contributed by atoms with Gasteiger partial charge in [0.2, 0.25) is 0 Å². The van der Waals surface area contributed by atoms with Crippen molar-refractivity contribution in [3.8, 4) is 11.4 Å². The van der Waals surface area contributed by atoms with Gasteiger partial charge < -0.3 is 4.52 Å². The molecule has 0 aliphatic rings. The fraction of sp³-hybridized carbons (Fsp3) is 0. The molecule has 0 saturated heterocycles. The zero-order chi connectivity index (χ0) is 12.7. The molecule has 1 aromatic carbocycles. The molecule has 18 heavy (non-hydrogen) atoms. The van der Waals surface area contributed by atoms with Gasteiger partial charge in [0.1, 0.15) is 4.47 Å². The van der Waals surface area contributed by atoms with E-state index in [4.69, 9.17) is 16.1 Å². The van der Waals surface area contributed by atoms with Crippen LogP contribution in [0.4, 0.5) is 0 Å². The van der Waals surface area contributed by atoms with Crippen LogP contribution < -0.4 is 5.56 Å². The number of halogens is 2. The quantitative estimate of drug-likeness (QED) is 0.690. The first-order valence-electron chi connectivity index (χ1n) is 4.96. The highest BCUT2D eigenvalue weighted by Gasteiger charge is 2.14. The van der Waals surface area contributed by atoms with Crippen molar-refractivity contribution in [3.63, 3.8) is 0 Å². The van der Waals surface area contributed by atoms with E-state index in [-0.39, 0.29) is 11.4 Å². The Morgan fingerprint density at radius 1 is 1.28 bits per heavy atom. The largest absolute Gasteiger partial charge is 0.335 e. The lowest BCUT2D eigenvalue weighted by molar-refractivity contribution is 0.448. The predicted molar refractivity (Wildman–Crippen MR) is 69.7 cm³/mol. The van der Waals surface area contributed by atoms with Crippen LogP contribution in [0.15, 0.2) is 44.3 Å². The minimum atomic E-state index is -0.272. The number of rotatable bonds is 1. The van der Waals surface area contributed by atoms with Crippen molar-refractivity contribution in [3.05, 3.63) is 50.3 Å². The molecule has 0 atom stereocenters. The van der Waals surface area contributed by atoms with Crippen LogP contribution in [0.2, 0.25) is 5.02 Å². The zero-order valence-electron chi connectivity index (χ0n) is 8.80. The summed E-state index contributed by atoms with van der Waals surface area (Å²) < 4.78 is 6.66. The number of aromatic nitrogens is 3. The monoisotopic (exact) mass is 325 g/mol. The summed E-state index contributed by atoms with van der Waals surface area (Å²) in [6.07, 6.45) is 1.38. The lowest BCUT2D eigenvalue weighted by atomic mass is 10.2. The molecule has 0 radical (unpaired) electrons. The molecule has 7 heteroatoms. The van der Waals surface area contributed by atoms with E-state index in [2.05, 4.69) is 26.1 Å². The molecule has 90 valence electrons. The number of hydrogen-bond donors (Lipinski definition) is 0. The molecule has 3 aromatic rings. The summed E-state index contributed by atoms with van der Waals surface area (Å²) in [5, 5.41) is 4.47. The fourth-order valence-corrected chi connectivity index (χ4v) is 1.98. The highest BCUT2D eigenvalue weighted by atomic mass is 79.9. The second-order valence-electron chi connectivity index (χ2n) is 3.54. The van der Waals surface area contributed by atoms with Gasteiger partial charge in [-0.3, -0.25) is 4.79 Å². The highest BCUT2D eigenvalue weighted by molar-refractivity contribution is 9.10. The third kappa shape index (κ3) is 1.74. The van der Waals surface area contributed by atoms with E-state index in [1.165, 1.54) is 10.6 Å². The molecule has 2 heterocycles. The molecular weight excluding hydrogens is 321 g/mol. The Labute approximate surface area is 114 Å². The Morgan fingerprint density at radius 3 is 2.72 bits per heavy atom. The van der Waals surface area contributed by atoms with Crippen LogP contribution in [-0.2, 0) is 0 Å². The second-order valence-corrected chi connectivity index (χ2v) is 4.83. The normalized spacial score (nSPS) is 11.0. The van der Waals surface area contributed by atoms with Crippen molar-refractivity contribution in [2.45, 2.75) is 0 Å². The Hall–Kier alpha value is -1.66. The number of nitrogens with zero attached hydrogens (tertiary/aromatic N) is 3. The van der Waals surface area contributed by atoms with Gasteiger partial charge in [-0.2, -0.15) is 0 Å². The van der Waals surface area contributed by atoms with Crippen LogP contribution in [0.3, 0.4) is 0 Å². The van der Waals surface area contributed by atoms with Crippen molar-refractivity contribution in [2.24, 2.45) is 0 Å². The van der Waals surface area contributed by atoms with E-state index in [1.54, 1.807) is 24.3 Å². The molecule has 0 fully saturated rings. The fourth-order valence-electron chi connectivity index (χ4n) is 1.58. The van der Waals surface area contributed by atoms with Gasteiger partial charge in [0.15, 0.2) is 5.82 Å². The molecule has 0 amide bonds. The molecule has 5 nitrogen and oxygen atoms in total. The average Bonchev–Trinajstić information content (AvgIpc) is 2.79. The Morgan fingerprint density at radius 2 is 2.00 bits per heavy atom. The van der Waals surface area contributed by atoms with Crippen molar-refractivity contribution >= 4 is 33.4 Å². The molecule has 3 rings (SSSR count). The van der Waals surface area contributed by atoms with Gasteiger partial charge in [-0.25, -0.2) is 9.38 Å². The maximum atomic E-state index is 12.0. The molecule has 0 aliphatic heterocycles. The Bertz CT molecular complexity index is 779. The summed E-state index contributed by atoms with van der Waals surface area (Å²) >= 11 is 8.95. The van der Waals surface area contributed by atoms with Crippen molar-refractivity contribution in [1.29, 1.82) is 0 Å². The molecule has 0 N–H and O–H groups in total. The van der Waals surface area contributed by atoms with Crippen LogP contribution in [0.25, 0.3) is 17.2 Å². The van der Waals surface area contributed by atoms with E-state index in [0.29, 0.717) is 15.3 Å². The summed E-state index contributed by atoms with van der Waals surface area (Å²) in [6, 6.07) is 6.95. The van der Waals surface area contributed by atoms with Crippen LogP contribution in [0.5, 0.6) is 0 Å². The highest BCUT2D eigenvalue weighted by Crippen LogP contribution is 2.20. The molecular formula is C11H5BrClN3O2. The lowest BCUT2D eigenvalue weighted by Crippen LogP contribution is -2.14. The summed E-state index contributed by atoms with van der Waals surface area (Å²) in [5.74, 6) is 0.536. The Kier molecular flexibility index (Phi) is 2.68. The van der Waals surface area contributed by atoms with Crippen molar-refractivity contribution in [2.75, 3.05) is 0 Å². The topological polar surface area (TPSA) is 60.4 Å². The second kappa shape index (κ2) is 4.22. The van der Waals surface area contributed by atoms with Gasteiger partial charge in [0.25, 0.3) is 5.56 Å². The first kappa shape index (κ1) is 11.4. The van der Waals surface area contributed by atoms with E-state index < -0.39 is 0 Å². The van der Waals surface area contributed by atoms with E-state index >= 15 is 0 Å².